The predicted octanol–water partition coefficient (Wildman–Crippen LogP) is 0.132. The van der Waals surface area contributed by atoms with Gasteiger partial charge in [-0.15, -0.1) is 0 Å². The summed E-state index contributed by atoms with van der Waals surface area (Å²) in [7, 11) is -0.440. The summed E-state index contributed by atoms with van der Waals surface area (Å²) >= 11 is 0. The van der Waals surface area contributed by atoms with Crippen LogP contribution in [0.3, 0.4) is 0 Å². The van der Waals surface area contributed by atoms with Crippen LogP contribution in [0.5, 0.6) is 11.8 Å². The number of amides is 2. The number of rotatable bonds is 7. The summed E-state index contributed by atoms with van der Waals surface area (Å²) in [5.41, 5.74) is 0.129. The highest BCUT2D eigenvalue weighted by Crippen LogP contribution is 2.17. The van der Waals surface area contributed by atoms with Gasteiger partial charge in [-0.1, -0.05) is 0 Å². The molecule has 12 nitrogen and oxygen atoms in total. The summed E-state index contributed by atoms with van der Waals surface area (Å²) in [5, 5.41) is 2.17. The molecule has 0 aromatic carbocycles. The van der Waals surface area contributed by atoms with Gasteiger partial charge < -0.3 is 9.47 Å². The molecule has 2 N–H and O–H groups in total. The molecule has 0 spiro atoms. The minimum Gasteiger partial charge on any atom is -0.481 e. The van der Waals surface area contributed by atoms with E-state index in [4.69, 9.17) is 9.47 Å². The molecule has 2 aromatic heterocycles. The second kappa shape index (κ2) is 7.90. The quantitative estimate of drug-likeness (QED) is 0.626. The lowest BCUT2D eigenvalue weighted by Crippen LogP contribution is -2.48. The van der Waals surface area contributed by atoms with Gasteiger partial charge in [0.05, 0.1) is 20.3 Å². The Kier molecular flexibility index (Phi) is 5.85. The number of methoxy groups -OCH3 is 2. The highest BCUT2D eigenvalue weighted by molar-refractivity contribution is 7.91. The van der Waals surface area contributed by atoms with Crippen molar-refractivity contribution < 1.29 is 27.5 Å². The predicted molar refractivity (Wildman–Crippen MR) is 94.8 cm³/mol. The summed E-state index contributed by atoms with van der Waals surface area (Å²) < 4.78 is 38.2. The molecule has 0 atom stereocenters. The van der Waals surface area contributed by atoms with Gasteiger partial charge in [0.25, 0.3) is 0 Å². The largest absolute Gasteiger partial charge is 0.481 e. The van der Waals surface area contributed by atoms with Crippen molar-refractivity contribution in [1.29, 1.82) is 0 Å². The normalized spacial score (nSPS) is 10.8. The lowest BCUT2D eigenvalue weighted by atomic mass is 10.3. The topological polar surface area (TPSA) is 145 Å². The molecule has 0 aliphatic heterocycles. The number of ketones is 1. The number of nitrogens with one attached hydrogen (secondary N) is 2. The number of carbonyl (C=O) groups is 2. The Labute approximate surface area is 155 Å². The average Bonchev–Trinajstić information content (AvgIpc) is 3.09. The molecule has 2 amide bonds. The number of anilines is 1. The molecule has 0 bridgehead atoms. The van der Waals surface area contributed by atoms with Crippen LogP contribution in [0, 0.1) is 0 Å². The zero-order chi connectivity index (χ0) is 20.2. The molecule has 0 aliphatic rings. The van der Waals surface area contributed by atoms with Gasteiger partial charge in [0, 0.05) is 20.2 Å². The van der Waals surface area contributed by atoms with E-state index in [0.717, 1.165) is 4.68 Å². The van der Waals surface area contributed by atoms with E-state index in [-0.39, 0.29) is 29.2 Å². The van der Waals surface area contributed by atoms with Crippen LogP contribution in [0.1, 0.15) is 17.4 Å². The van der Waals surface area contributed by atoms with Crippen molar-refractivity contribution in [2.24, 2.45) is 0 Å². The van der Waals surface area contributed by atoms with E-state index in [9.17, 15) is 18.0 Å². The Morgan fingerprint density at radius 1 is 1.19 bits per heavy atom. The number of Topliss-reactive ketones (excluding diaryl/α,β-unsaturated/α-hetero) is 1. The van der Waals surface area contributed by atoms with Crippen LogP contribution < -0.4 is 23.9 Å². The first kappa shape index (κ1) is 20.0. The van der Waals surface area contributed by atoms with Crippen LogP contribution in [0.2, 0.25) is 0 Å². The Balaban J connectivity index is 2.16. The van der Waals surface area contributed by atoms with Gasteiger partial charge in [-0.05, 0) is 12.1 Å². The van der Waals surface area contributed by atoms with Crippen LogP contribution in [0.15, 0.2) is 24.4 Å². The summed E-state index contributed by atoms with van der Waals surface area (Å²) in [6.45, 7) is 1.29. The van der Waals surface area contributed by atoms with E-state index < -0.39 is 16.2 Å². The van der Waals surface area contributed by atoms with Crippen molar-refractivity contribution in [3.63, 3.8) is 0 Å². The van der Waals surface area contributed by atoms with Gasteiger partial charge in [0.2, 0.25) is 17.7 Å². The van der Waals surface area contributed by atoms with Crippen LogP contribution in [-0.2, 0) is 10.2 Å². The fourth-order valence-electron chi connectivity index (χ4n) is 1.99. The van der Waals surface area contributed by atoms with Gasteiger partial charge >= 0.3 is 16.2 Å². The maximum atomic E-state index is 12.4. The molecule has 2 rings (SSSR count). The van der Waals surface area contributed by atoms with E-state index in [0.29, 0.717) is 4.41 Å². The van der Waals surface area contributed by atoms with Crippen molar-refractivity contribution in [2.75, 3.05) is 31.0 Å². The summed E-state index contributed by atoms with van der Waals surface area (Å²) in [4.78, 5) is 31.3. The summed E-state index contributed by atoms with van der Waals surface area (Å²) in [6, 6.07) is 3.21. The smallest absolute Gasteiger partial charge is 0.340 e. The number of aromatic nitrogens is 3. The molecule has 0 saturated carbocycles. The first-order chi connectivity index (χ1) is 12.7. The van der Waals surface area contributed by atoms with Crippen molar-refractivity contribution in [3.05, 3.63) is 30.1 Å². The monoisotopic (exact) mass is 398 g/mol. The zero-order valence-electron chi connectivity index (χ0n) is 15.0. The molecular formula is C14H18N6O6S. The second-order valence-corrected chi connectivity index (χ2v) is 6.75. The van der Waals surface area contributed by atoms with Crippen LogP contribution >= 0.6 is 0 Å². The molecule has 2 aromatic rings. The van der Waals surface area contributed by atoms with Crippen molar-refractivity contribution in [1.82, 2.24) is 19.4 Å². The SMILES string of the molecule is COc1cc(OC)nc(NC(=O)NS(=O)(=O)N(C)n2cccc2C(C)=O)n1. The molecule has 13 heteroatoms. The van der Waals surface area contributed by atoms with E-state index in [1.165, 1.54) is 52.6 Å². The van der Waals surface area contributed by atoms with Gasteiger partial charge in [-0.2, -0.15) is 22.8 Å². The lowest BCUT2D eigenvalue weighted by molar-refractivity contribution is 0.100. The Hall–Kier alpha value is -3.35. The number of hydrogen-bond donors (Lipinski definition) is 2. The average molecular weight is 398 g/mol. The standard InChI is InChI=1S/C14H18N6O6S/c1-9(21)10-6-5-7-20(10)19(2)27(23,24)18-14(22)17-13-15-11(25-3)8-12(16-13)26-4/h5-8H,1-4H3,(H2,15,16,17,18,22). The van der Waals surface area contributed by atoms with Crippen LogP contribution in [0.4, 0.5) is 10.7 Å². The Morgan fingerprint density at radius 2 is 1.78 bits per heavy atom. The number of urea groups is 1. The third-order valence-corrected chi connectivity index (χ3v) is 4.60. The van der Waals surface area contributed by atoms with E-state index in [1.54, 1.807) is 4.72 Å². The number of hydrogen-bond acceptors (Lipinski definition) is 8. The van der Waals surface area contributed by atoms with Crippen LogP contribution in [-0.4, -0.2) is 56.1 Å². The van der Waals surface area contributed by atoms with Crippen molar-refractivity contribution >= 4 is 28.0 Å². The second-order valence-electron chi connectivity index (χ2n) is 5.07. The number of ether oxygens (including phenoxy) is 2. The lowest BCUT2D eigenvalue weighted by Gasteiger charge is -2.22. The Bertz CT molecular complexity index is 935. The molecule has 146 valence electrons. The minimum atomic E-state index is -4.33. The molecule has 0 aliphatic carbocycles. The van der Waals surface area contributed by atoms with E-state index in [2.05, 4.69) is 15.3 Å². The fraction of sp³-hybridized carbons (Fsp3) is 0.286. The molecule has 0 radical (unpaired) electrons. The van der Waals surface area contributed by atoms with Crippen LogP contribution in [0.25, 0.3) is 0 Å². The Morgan fingerprint density at radius 3 is 2.30 bits per heavy atom. The molecule has 27 heavy (non-hydrogen) atoms. The third-order valence-electron chi connectivity index (χ3n) is 3.28. The van der Waals surface area contributed by atoms with Crippen molar-refractivity contribution in [3.8, 4) is 11.8 Å². The van der Waals surface area contributed by atoms with Gasteiger partial charge in [-0.25, -0.2) is 14.2 Å². The highest BCUT2D eigenvalue weighted by atomic mass is 32.2. The maximum absolute atomic E-state index is 12.4. The van der Waals surface area contributed by atoms with Gasteiger partial charge in [-0.3, -0.25) is 10.1 Å². The van der Waals surface area contributed by atoms with Gasteiger partial charge in [0.1, 0.15) is 5.69 Å². The van der Waals surface area contributed by atoms with E-state index in [1.807, 2.05) is 0 Å². The minimum absolute atomic E-state index is 0.107. The van der Waals surface area contributed by atoms with Gasteiger partial charge in [0.15, 0.2) is 5.78 Å². The maximum Gasteiger partial charge on any atom is 0.340 e. The first-order valence-corrected chi connectivity index (χ1v) is 8.85. The number of carbonyl (C=O) groups excluding carboxylic acids is 2. The summed E-state index contributed by atoms with van der Waals surface area (Å²) in [5.74, 6) is -0.360. The zero-order valence-corrected chi connectivity index (χ0v) is 15.8. The molecule has 0 unspecified atom stereocenters. The fourth-order valence-corrected chi connectivity index (χ4v) is 2.78. The third kappa shape index (κ3) is 4.63. The number of nitrogens with zero attached hydrogens (tertiary/aromatic N) is 4. The highest BCUT2D eigenvalue weighted by Gasteiger charge is 2.24. The molecule has 0 saturated heterocycles. The van der Waals surface area contributed by atoms with Crippen molar-refractivity contribution in [2.45, 2.75) is 6.92 Å². The molecule has 2 heterocycles. The van der Waals surface area contributed by atoms with E-state index >= 15 is 0 Å². The first-order valence-electron chi connectivity index (χ1n) is 7.41. The molecule has 0 fully saturated rings. The molecular weight excluding hydrogens is 380 g/mol. The summed E-state index contributed by atoms with van der Waals surface area (Å²) in [6.07, 6.45) is 1.36.